The van der Waals surface area contributed by atoms with Crippen LogP contribution in [-0.2, 0) is 14.3 Å². The second kappa shape index (κ2) is 8.72. The molecule has 1 aromatic heterocycles. The van der Waals surface area contributed by atoms with Crippen LogP contribution in [0, 0.1) is 5.92 Å². The number of morpholine rings is 1. The number of hydrogen-bond donors (Lipinski definition) is 0. The van der Waals surface area contributed by atoms with Crippen molar-refractivity contribution in [2.75, 3.05) is 56.3 Å². The minimum absolute atomic E-state index is 0.184. The van der Waals surface area contributed by atoms with Gasteiger partial charge < -0.3 is 19.3 Å². The zero-order valence-electron chi connectivity index (χ0n) is 14.3. The largest absolute Gasteiger partial charge is 0.469 e. The summed E-state index contributed by atoms with van der Waals surface area (Å²) >= 11 is 0. The van der Waals surface area contributed by atoms with Gasteiger partial charge in [0.2, 0.25) is 0 Å². The molecule has 0 atom stereocenters. The molecule has 0 amide bonds. The average Bonchev–Trinajstić information content (AvgIpc) is 2.59. The van der Waals surface area contributed by atoms with Gasteiger partial charge in [-0.15, -0.1) is 0 Å². The molecule has 0 radical (unpaired) electrons. The van der Waals surface area contributed by atoms with E-state index in [4.69, 9.17) is 9.47 Å². The molecule has 128 valence electrons. The second-order valence-electron chi connectivity index (χ2n) is 6.14. The van der Waals surface area contributed by atoms with Crippen LogP contribution in [0.5, 0.6) is 0 Å². The molecule has 0 N–H and O–H groups in total. The normalized spacial score (nSPS) is 14.9. The van der Waals surface area contributed by atoms with Gasteiger partial charge in [-0.25, -0.2) is 4.98 Å². The maximum Gasteiger partial charge on any atom is 0.307 e. The van der Waals surface area contributed by atoms with E-state index in [2.05, 4.69) is 34.7 Å². The topological polar surface area (TPSA) is 54.9 Å². The number of aromatic nitrogens is 1. The molecular formula is C17H27N3O3. The fraction of sp³-hybridized carbons (Fsp3) is 0.647. The highest BCUT2D eigenvalue weighted by Gasteiger charge is 2.15. The van der Waals surface area contributed by atoms with E-state index in [9.17, 15) is 4.79 Å². The molecule has 2 heterocycles. The summed E-state index contributed by atoms with van der Waals surface area (Å²) in [5.41, 5.74) is 1.04. The summed E-state index contributed by atoms with van der Waals surface area (Å²) in [6.45, 7) is 9.12. The first-order valence-corrected chi connectivity index (χ1v) is 8.20. The maximum atomic E-state index is 11.4. The Morgan fingerprint density at radius 2 is 2.13 bits per heavy atom. The van der Waals surface area contributed by atoms with Gasteiger partial charge >= 0.3 is 5.97 Å². The molecule has 1 saturated heterocycles. The Bertz CT molecular complexity index is 484. The summed E-state index contributed by atoms with van der Waals surface area (Å²) in [6.07, 6.45) is 2.28. The van der Waals surface area contributed by atoms with Crippen LogP contribution in [0.2, 0.25) is 0 Å². The van der Waals surface area contributed by atoms with Crippen molar-refractivity contribution in [3.8, 4) is 0 Å². The van der Waals surface area contributed by atoms with Gasteiger partial charge in [-0.2, -0.15) is 0 Å². The van der Waals surface area contributed by atoms with Gasteiger partial charge in [-0.3, -0.25) is 4.79 Å². The molecule has 1 fully saturated rings. The predicted octanol–water partition coefficient (Wildman–Crippen LogP) is 1.94. The van der Waals surface area contributed by atoms with Crippen molar-refractivity contribution in [1.82, 2.24) is 4.98 Å². The van der Waals surface area contributed by atoms with Crippen LogP contribution < -0.4 is 9.80 Å². The molecule has 0 saturated carbocycles. The van der Waals surface area contributed by atoms with Crippen LogP contribution in [0.25, 0.3) is 0 Å². The van der Waals surface area contributed by atoms with E-state index in [1.54, 1.807) is 0 Å². The fourth-order valence-electron chi connectivity index (χ4n) is 2.64. The summed E-state index contributed by atoms with van der Waals surface area (Å²) in [5.74, 6) is 1.30. The highest BCUT2D eigenvalue weighted by atomic mass is 16.5. The third-order valence-electron chi connectivity index (χ3n) is 3.83. The lowest BCUT2D eigenvalue weighted by atomic mass is 10.2. The molecule has 0 bridgehead atoms. The molecule has 1 aliphatic heterocycles. The van der Waals surface area contributed by atoms with Crippen LogP contribution in [0.1, 0.15) is 20.3 Å². The van der Waals surface area contributed by atoms with Crippen LogP contribution >= 0.6 is 0 Å². The molecule has 0 aromatic carbocycles. The van der Waals surface area contributed by atoms with Crippen molar-refractivity contribution in [3.63, 3.8) is 0 Å². The Hall–Kier alpha value is -1.82. The minimum atomic E-state index is -0.184. The molecule has 6 heteroatoms. The van der Waals surface area contributed by atoms with E-state index in [1.807, 2.05) is 12.3 Å². The smallest absolute Gasteiger partial charge is 0.307 e. The van der Waals surface area contributed by atoms with E-state index >= 15 is 0 Å². The number of methoxy groups -OCH3 is 1. The van der Waals surface area contributed by atoms with Gasteiger partial charge in [0.05, 0.1) is 38.6 Å². The highest BCUT2D eigenvalue weighted by molar-refractivity contribution is 5.70. The summed E-state index contributed by atoms with van der Waals surface area (Å²) < 4.78 is 10.1. The molecule has 0 spiro atoms. The van der Waals surface area contributed by atoms with Crippen LogP contribution in [0.15, 0.2) is 18.3 Å². The number of nitrogens with zero attached hydrogens (tertiary/aromatic N) is 3. The Kier molecular flexibility index (Phi) is 6.65. The van der Waals surface area contributed by atoms with Gasteiger partial charge in [0.25, 0.3) is 0 Å². The fourth-order valence-corrected chi connectivity index (χ4v) is 2.64. The molecule has 2 rings (SSSR count). The van der Waals surface area contributed by atoms with E-state index < -0.39 is 0 Å². The number of hydrogen-bond acceptors (Lipinski definition) is 6. The van der Waals surface area contributed by atoms with Crippen molar-refractivity contribution < 1.29 is 14.3 Å². The lowest BCUT2D eigenvalue weighted by molar-refractivity contribution is -0.140. The summed E-state index contributed by atoms with van der Waals surface area (Å²) in [5, 5.41) is 0. The molecule has 6 nitrogen and oxygen atoms in total. The Morgan fingerprint density at radius 3 is 2.70 bits per heavy atom. The third-order valence-corrected chi connectivity index (χ3v) is 3.83. The molecule has 1 aliphatic rings. The first kappa shape index (κ1) is 17.5. The molecule has 0 aliphatic carbocycles. The van der Waals surface area contributed by atoms with Crippen LogP contribution in [-0.4, -0.2) is 57.5 Å². The van der Waals surface area contributed by atoms with Crippen molar-refractivity contribution in [2.45, 2.75) is 20.3 Å². The maximum absolute atomic E-state index is 11.4. The van der Waals surface area contributed by atoms with E-state index in [0.29, 0.717) is 18.9 Å². The first-order chi connectivity index (χ1) is 11.1. The van der Waals surface area contributed by atoms with Gasteiger partial charge in [0.1, 0.15) is 5.82 Å². The number of pyridine rings is 1. The van der Waals surface area contributed by atoms with Gasteiger partial charge in [-0.1, -0.05) is 13.8 Å². The number of anilines is 2. The van der Waals surface area contributed by atoms with Crippen molar-refractivity contribution >= 4 is 17.5 Å². The number of esters is 1. The Labute approximate surface area is 138 Å². The van der Waals surface area contributed by atoms with E-state index in [-0.39, 0.29) is 5.97 Å². The van der Waals surface area contributed by atoms with Gasteiger partial charge in [-0.05, 0) is 18.1 Å². The first-order valence-electron chi connectivity index (χ1n) is 8.20. The van der Waals surface area contributed by atoms with Crippen molar-refractivity contribution in [1.29, 1.82) is 0 Å². The molecule has 0 unspecified atom stereocenters. The third kappa shape index (κ3) is 5.39. The van der Waals surface area contributed by atoms with Crippen molar-refractivity contribution in [2.24, 2.45) is 5.92 Å². The Morgan fingerprint density at radius 1 is 1.39 bits per heavy atom. The summed E-state index contributed by atoms with van der Waals surface area (Å²) in [7, 11) is 1.42. The molecule has 23 heavy (non-hydrogen) atoms. The lowest BCUT2D eigenvalue weighted by Gasteiger charge is -2.29. The van der Waals surface area contributed by atoms with E-state index in [1.165, 1.54) is 7.11 Å². The van der Waals surface area contributed by atoms with Crippen LogP contribution in [0.3, 0.4) is 0 Å². The number of rotatable bonds is 7. The van der Waals surface area contributed by atoms with Crippen molar-refractivity contribution in [3.05, 3.63) is 18.3 Å². The van der Waals surface area contributed by atoms with E-state index in [0.717, 1.165) is 44.4 Å². The average molecular weight is 321 g/mol. The monoisotopic (exact) mass is 321 g/mol. The summed E-state index contributed by atoms with van der Waals surface area (Å²) in [4.78, 5) is 20.4. The summed E-state index contributed by atoms with van der Waals surface area (Å²) in [6, 6.07) is 4.13. The van der Waals surface area contributed by atoms with Gasteiger partial charge in [0, 0.05) is 26.2 Å². The Balaban J connectivity index is 2.03. The predicted molar refractivity (Wildman–Crippen MR) is 91.0 cm³/mol. The number of carbonyl (C=O) groups is 1. The lowest BCUT2D eigenvalue weighted by Crippen LogP contribution is -2.36. The zero-order chi connectivity index (χ0) is 16.7. The molecular weight excluding hydrogens is 294 g/mol. The SMILES string of the molecule is COC(=O)CCN(CC(C)C)c1ccc(N2CCOCC2)nc1. The second-order valence-corrected chi connectivity index (χ2v) is 6.14. The van der Waals surface area contributed by atoms with Crippen LogP contribution in [0.4, 0.5) is 11.5 Å². The molecule has 1 aromatic rings. The number of ether oxygens (including phenoxy) is 2. The minimum Gasteiger partial charge on any atom is -0.469 e. The quantitative estimate of drug-likeness (QED) is 0.716. The standard InChI is InChI=1S/C17H27N3O3/c1-14(2)13-20(7-6-17(21)22-3)15-4-5-16(18-12-15)19-8-10-23-11-9-19/h4-5,12,14H,6-11,13H2,1-3H3. The zero-order valence-corrected chi connectivity index (χ0v) is 14.3. The number of carbonyl (C=O) groups excluding carboxylic acids is 1. The highest BCUT2D eigenvalue weighted by Crippen LogP contribution is 2.20. The van der Waals surface area contributed by atoms with Gasteiger partial charge in [0.15, 0.2) is 0 Å².